The zero-order valence-corrected chi connectivity index (χ0v) is 16.4. The van der Waals surface area contributed by atoms with Gasteiger partial charge in [-0.15, -0.1) is 0 Å². The predicted molar refractivity (Wildman–Crippen MR) is 103 cm³/mol. The lowest BCUT2D eigenvalue weighted by Crippen LogP contribution is -2.39. The Labute approximate surface area is 151 Å². The number of aliphatic imine (C=N–C) groups is 1. The van der Waals surface area contributed by atoms with E-state index < -0.39 is 10.0 Å². The number of para-hydroxylation sites is 1. The molecule has 0 saturated heterocycles. The predicted octanol–water partition coefficient (Wildman–Crippen LogP) is 1.42. The Balaban J connectivity index is 2.43. The SMILES string of the molecule is CCOc1ccccc1CNC(=NC)NCCCN(CC)S(C)(=O)=O. The van der Waals surface area contributed by atoms with Gasteiger partial charge in [0.05, 0.1) is 12.9 Å². The fraction of sp³-hybridized carbons (Fsp3) is 0.588. The number of rotatable bonds is 10. The number of hydrogen-bond acceptors (Lipinski definition) is 4. The van der Waals surface area contributed by atoms with Crippen LogP contribution in [0.25, 0.3) is 0 Å². The maximum absolute atomic E-state index is 11.5. The molecule has 1 rings (SSSR count). The van der Waals surface area contributed by atoms with E-state index in [2.05, 4.69) is 15.6 Å². The van der Waals surface area contributed by atoms with Crippen LogP contribution in [-0.2, 0) is 16.6 Å². The van der Waals surface area contributed by atoms with Crippen molar-refractivity contribution in [3.8, 4) is 5.75 Å². The summed E-state index contributed by atoms with van der Waals surface area (Å²) in [6.07, 6.45) is 1.94. The summed E-state index contributed by atoms with van der Waals surface area (Å²) in [6, 6.07) is 7.88. The van der Waals surface area contributed by atoms with Crippen molar-refractivity contribution in [1.29, 1.82) is 0 Å². The summed E-state index contributed by atoms with van der Waals surface area (Å²) in [5.41, 5.74) is 1.06. The topological polar surface area (TPSA) is 83.0 Å². The van der Waals surface area contributed by atoms with E-state index in [1.807, 2.05) is 38.1 Å². The van der Waals surface area contributed by atoms with E-state index in [0.29, 0.717) is 45.2 Å². The second-order valence-electron chi connectivity index (χ2n) is 5.50. The molecule has 0 unspecified atom stereocenters. The van der Waals surface area contributed by atoms with E-state index in [9.17, 15) is 8.42 Å². The fourth-order valence-corrected chi connectivity index (χ4v) is 3.30. The van der Waals surface area contributed by atoms with Crippen molar-refractivity contribution >= 4 is 16.0 Å². The van der Waals surface area contributed by atoms with E-state index in [0.717, 1.165) is 11.3 Å². The smallest absolute Gasteiger partial charge is 0.211 e. The lowest BCUT2D eigenvalue weighted by molar-refractivity contribution is 0.336. The molecule has 0 radical (unpaired) electrons. The monoisotopic (exact) mass is 370 g/mol. The van der Waals surface area contributed by atoms with Crippen molar-refractivity contribution in [3.05, 3.63) is 29.8 Å². The van der Waals surface area contributed by atoms with Crippen molar-refractivity contribution in [1.82, 2.24) is 14.9 Å². The van der Waals surface area contributed by atoms with Crippen LogP contribution in [0.2, 0.25) is 0 Å². The van der Waals surface area contributed by atoms with Crippen LogP contribution in [0.1, 0.15) is 25.8 Å². The number of benzene rings is 1. The zero-order valence-electron chi connectivity index (χ0n) is 15.6. The summed E-state index contributed by atoms with van der Waals surface area (Å²) >= 11 is 0. The third-order valence-corrected chi connectivity index (χ3v) is 5.02. The Hall–Kier alpha value is -1.80. The molecule has 25 heavy (non-hydrogen) atoms. The number of sulfonamides is 1. The second-order valence-corrected chi connectivity index (χ2v) is 7.48. The van der Waals surface area contributed by atoms with Gasteiger partial charge in [-0.2, -0.15) is 0 Å². The highest BCUT2D eigenvalue weighted by atomic mass is 32.2. The first-order valence-electron chi connectivity index (χ1n) is 8.52. The lowest BCUT2D eigenvalue weighted by atomic mass is 10.2. The van der Waals surface area contributed by atoms with Crippen LogP contribution in [0.5, 0.6) is 5.75 Å². The quantitative estimate of drug-likeness (QED) is 0.370. The highest BCUT2D eigenvalue weighted by Gasteiger charge is 2.13. The van der Waals surface area contributed by atoms with Crippen molar-refractivity contribution in [3.63, 3.8) is 0 Å². The molecule has 0 aliphatic rings. The molecule has 0 atom stereocenters. The largest absolute Gasteiger partial charge is 0.494 e. The Morgan fingerprint density at radius 2 is 1.96 bits per heavy atom. The van der Waals surface area contributed by atoms with E-state index in [1.54, 1.807) is 7.05 Å². The van der Waals surface area contributed by atoms with Gasteiger partial charge in [0.25, 0.3) is 0 Å². The van der Waals surface area contributed by atoms with Crippen molar-refractivity contribution < 1.29 is 13.2 Å². The van der Waals surface area contributed by atoms with Crippen molar-refractivity contribution in [2.24, 2.45) is 4.99 Å². The minimum Gasteiger partial charge on any atom is -0.494 e. The van der Waals surface area contributed by atoms with Gasteiger partial charge in [0.1, 0.15) is 5.75 Å². The molecule has 0 saturated carbocycles. The molecular formula is C17H30N4O3S. The number of guanidine groups is 1. The van der Waals surface area contributed by atoms with Crippen molar-refractivity contribution in [2.75, 3.05) is 39.5 Å². The van der Waals surface area contributed by atoms with Gasteiger partial charge < -0.3 is 15.4 Å². The molecule has 0 aliphatic carbocycles. The molecule has 8 heteroatoms. The number of nitrogens with zero attached hydrogens (tertiary/aromatic N) is 2. The van der Waals surface area contributed by atoms with Gasteiger partial charge in [-0.3, -0.25) is 4.99 Å². The Bertz CT molecular complexity index is 647. The number of hydrogen-bond donors (Lipinski definition) is 2. The van der Waals surface area contributed by atoms with Crippen LogP contribution in [0.4, 0.5) is 0 Å². The summed E-state index contributed by atoms with van der Waals surface area (Å²) in [7, 11) is -1.43. The molecule has 0 bridgehead atoms. The van der Waals surface area contributed by atoms with E-state index in [4.69, 9.17) is 4.74 Å². The molecular weight excluding hydrogens is 340 g/mol. The van der Waals surface area contributed by atoms with Gasteiger partial charge in [0.2, 0.25) is 10.0 Å². The van der Waals surface area contributed by atoms with Crippen molar-refractivity contribution in [2.45, 2.75) is 26.8 Å². The van der Waals surface area contributed by atoms with Crippen LogP contribution in [-0.4, -0.2) is 58.2 Å². The van der Waals surface area contributed by atoms with Gasteiger partial charge in [0.15, 0.2) is 5.96 Å². The molecule has 0 heterocycles. The van der Waals surface area contributed by atoms with Crippen LogP contribution < -0.4 is 15.4 Å². The molecule has 2 N–H and O–H groups in total. The summed E-state index contributed by atoms with van der Waals surface area (Å²) in [6.45, 7) is 6.63. The first-order valence-corrected chi connectivity index (χ1v) is 10.4. The highest BCUT2D eigenvalue weighted by Crippen LogP contribution is 2.17. The highest BCUT2D eigenvalue weighted by molar-refractivity contribution is 7.88. The van der Waals surface area contributed by atoms with E-state index >= 15 is 0 Å². The number of ether oxygens (including phenoxy) is 1. The molecule has 0 spiro atoms. The molecule has 0 amide bonds. The standard InChI is InChI=1S/C17H30N4O3S/c1-5-21(25(4,22)23)13-9-12-19-17(18-3)20-14-15-10-7-8-11-16(15)24-6-2/h7-8,10-11H,5-6,9,12-14H2,1-4H3,(H2,18,19,20). The Morgan fingerprint density at radius 1 is 1.24 bits per heavy atom. The van der Waals surface area contributed by atoms with E-state index in [1.165, 1.54) is 10.6 Å². The van der Waals surface area contributed by atoms with Crippen LogP contribution in [0.3, 0.4) is 0 Å². The fourth-order valence-electron chi connectivity index (χ4n) is 2.37. The first-order chi connectivity index (χ1) is 11.9. The first kappa shape index (κ1) is 21.2. The molecule has 0 aromatic heterocycles. The summed E-state index contributed by atoms with van der Waals surface area (Å²) in [4.78, 5) is 4.19. The van der Waals surface area contributed by atoms with Gasteiger partial charge in [-0.25, -0.2) is 12.7 Å². The lowest BCUT2D eigenvalue weighted by Gasteiger charge is -2.18. The summed E-state index contributed by atoms with van der Waals surface area (Å²) < 4.78 is 30.2. The molecule has 142 valence electrons. The summed E-state index contributed by atoms with van der Waals surface area (Å²) in [5.74, 6) is 1.54. The maximum atomic E-state index is 11.5. The van der Waals surface area contributed by atoms with Crippen LogP contribution in [0.15, 0.2) is 29.3 Å². The van der Waals surface area contributed by atoms with E-state index in [-0.39, 0.29) is 0 Å². The summed E-state index contributed by atoms with van der Waals surface area (Å²) in [5, 5.41) is 6.44. The molecule has 1 aromatic carbocycles. The molecule has 1 aromatic rings. The normalized spacial score (nSPS) is 12.3. The average molecular weight is 371 g/mol. The maximum Gasteiger partial charge on any atom is 0.211 e. The zero-order chi connectivity index (χ0) is 18.7. The van der Waals surface area contributed by atoms with Gasteiger partial charge in [0, 0.05) is 38.8 Å². The average Bonchev–Trinajstić information content (AvgIpc) is 2.57. The van der Waals surface area contributed by atoms with Gasteiger partial charge in [-0.05, 0) is 19.4 Å². The second kappa shape index (κ2) is 10.9. The molecule has 7 nitrogen and oxygen atoms in total. The Morgan fingerprint density at radius 3 is 2.56 bits per heavy atom. The third kappa shape index (κ3) is 7.74. The third-order valence-electron chi connectivity index (χ3n) is 3.64. The van der Waals surface area contributed by atoms with Crippen LogP contribution >= 0.6 is 0 Å². The van der Waals surface area contributed by atoms with Gasteiger partial charge in [-0.1, -0.05) is 25.1 Å². The minimum atomic E-state index is -3.13. The molecule has 0 fully saturated rings. The Kier molecular flexibility index (Phi) is 9.30. The van der Waals surface area contributed by atoms with Gasteiger partial charge >= 0.3 is 0 Å². The number of nitrogens with one attached hydrogen (secondary N) is 2. The minimum absolute atomic E-state index is 0.486. The molecule has 0 aliphatic heterocycles. The van der Waals surface area contributed by atoms with Crippen LogP contribution in [0, 0.1) is 0 Å².